The highest BCUT2D eigenvalue weighted by atomic mass is 35.5. The Bertz CT molecular complexity index is 1030. The number of hydrogen-bond donors (Lipinski definition) is 0. The first-order valence-corrected chi connectivity index (χ1v) is 10.7. The molecule has 0 aliphatic rings. The quantitative estimate of drug-likeness (QED) is 0.449. The molecule has 3 rings (SSSR count). The summed E-state index contributed by atoms with van der Waals surface area (Å²) in [6, 6.07) is 9.97. The molecule has 1 aromatic heterocycles. The molecule has 3 aromatic rings. The van der Waals surface area contributed by atoms with Gasteiger partial charge in [-0.05, 0) is 58.3 Å². The highest BCUT2D eigenvalue weighted by molar-refractivity contribution is 7.22. The lowest BCUT2D eigenvalue weighted by Gasteiger charge is -2.22. The minimum absolute atomic E-state index is 0. The first kappa shape index (κ1) is 24.8. The number of para-hydroxylation sites is 1. The summed E-state index contributed by atoms with van der Waals surface area (Å²) >= 11 is 1.30. The van der Waals surface area contributed by atoms with Crippen molar-refractivity contribution in [2.75, 3.05) is 45.3 Å². The second-order valence-corrected chi connectivity index (χ2v) is 7.88. The van der Waals surface area contributed by atoms with E-state index in [9.17, 15) is 9.18 Å². The molecule has 0 N–H and O–H groups in total. The van der Waals surface area contributed by atoms with Crippen LogP contribution in [-0.4, -0.2) is 56.2 Å². The summed E-state index contributed by atoms with van der Waals surface area (Å²) in [5.74, 6) is 0.501. The van der Waals surface area contributed by atoms with E-state index in [2.05, 4.69) is 4.98 Å². The Kier molecular flexibility index (Phi) is 9.03. The number of fused-ring (bicyclic) bond motifs is 1. The minimum Gasteiger partial charge on any atom is -0.490 e. The van der Waals surface area contributed by atoms with Crippen molar-refractivity contribution in [2.45, 2.75) is 13.8 Å². The van der Waals surface area contributed by atoms with Crippen LogP contribution in [0, 0.1) is 5.82 Å². The van der Waals surface area contributed by atoms with Gasteiger partial charge < -0.3 is 14.4 Å². The lowest BCUT2D eigenvalue weighted by atomic mass is 10.1. The molecule has 0 unspecified atom stereocenters. The summed E-state index contributed by atoms with van der Waals surface area (Å²) < 4.78 is 26.1. The van der Waals surface area contributed by atoms with Gasteiger partial charge in [-0.25, -0.2) is 9.37 Å². The van der Waals surface area contributed by atoms with Gasteiger partial charge in [0.05, 0.1) is 17.9 Å². The smallest absolute Gasteiger partial charge is 0.260 e. The third-order valence-electron chi connectivity index (χ3n) is 4.40. The lowest BCUT2D eigenvalue weighted by molar-refractivity contribution is 0.0984. The van der Waals surface area contributed by atoms with Crippen LogP contribution in [0.4, 0.5) is 9.52 Å². The maximum atomic E-state index is 14.2. The summed E-state index contributed by atoms with van der Waals surface area (Å²) in [6.07, 6.45) is 0. The van der Waals surface area contributed by atoms with Crippen LogP contribution in [0.15, 0.2) is 36.4 Å². The highest BCUT2D eigenvalue weighted by Crippen LogP contribution is 2.33. The number of hydrogen-bond acceptors (Lipinski definition) is 6. The van der Waals surface area contributed by atoms with Crippen LogP contribution < -0.4 is 14.4 Å². The lowest BCUT2D eigenvalue weighted by Crippen LogP contribution is -2.36. The number of nitrogens with zero attached hydrogens (tertiary/aromatic N) is 3. The number of ether oxygens (including phenoxy) is 2. The number of halogens is 2. The van der Waals surface area contributed by atoms with Crippen molar-refractivity contribution in [1.82, 2.24) is 9.88 Å². The molecule has 1 heterocycles. The first-order valence-electron chi connectivity index (χ1n) is 9.85. The summed E-state index contributed by atoms with van der Waals surface area (Å²) in [5, 5.41) is 0.466. The number of likely N-dealkylation sites (N-methyl/N-ethyl adjacent to an activating group) is 1. The molecule has 0 aliphatic carbocycles. The molecule has 2 aromatic carbocycles. The molecule has 0 bridgehead atoms. The van der Waals surface area contributed by atoms with Crippen LogP contribution in [0.3, 0.4) is 0 Å². The van der Waals surface area contributed by atoms with Crippen molar-refractivity contribution in [3.63, 3.8) is 0 Å². The van der Waals surface area contributed by atoms with Gasteiger partial charge in [-0.1, -0.05) is 17.4 Å². The largest absolute Gasteiger partial charge is 0.490 e. The molecule has 1 amide bonds. The van der Waals surface area contributed by atoms with Gasteiger partial charge in [0.1, 0.15) is 11.3 Å². The summed E-state index contributed by atoms with van der Waals surface area (Å²) in [6.45, 7) is 5.79. The van der Waals surface area contributed by atoms with Crippen molar-refractivity contribution >= 4 is 45.0 Å². The topological polar surface area (TPSA) is 54.9 Å². The fourth-order valence-corrected chi connectivity index (χ4v) is 3.95. The van der Waals surface area contributed by atoms with Crippen LogP contribution in [0.1, 0.15) is 24.2 Å². The Hall–Kier alpha value is -2.42. The van der Waals surface area contributed by atoms with Gasteiger partial charge in [0.2, 0.25) is 0 Å². The molecular weight excluding hydrogens is 441 g/mol. The zero-order chi connectivity index (χ0) is 21.7. The second-order valence-electron chi connectivity index (χ2n) is 6.87. The van der Waals surface area contributed by atoms with Gasteiger partial charge in [-0.2, -0.15) is 0 Å². The van der Waals surface area contributed by atoms with Gasteiger partial charge >= 0.3 is 0 Å². The molecular formula is C22H27ClFN3O3S. The van der Waals surface area contributed by atoms with E-state index in [0.717, 1.165) is 0 Å². The number of amides is 1. The van der Waals surface area contributed by atoms with E-state index >= 15 is 0 Å². The molecule has 6 nitrogen and oxygen atoms in total. The molecule has 0 aliphatic heterocycles. The molecule has 31 heavy (non-hydrogen) atoms. The standard InChI is InChI=1S/C22H26FN3O3S.ClH/c1-5-28-17-11-10-15(14-18(17)29-6-2)21(27)26(13-12-25(3)4)22-24-20-16(23)8-7-9-19(20)30-22;/h7-11,14H,5-6,12-13H2,1-4H3;1H. The average molecular weight is 468 g/mol. The highest BCUT2D eigenvalue weighted by Gasteiger charge is 2.23. The minimum atomic E-state index is -0.394. The molecule has 9 heteroatoms. The number of thiazole rings is 1. The molecule has 0 atom stereocenters. The predicted molar refractivity (Wildman–Crippen MR) is 126 cm³/mol. The zero-order valence-corrected chi connectivity index (χ0v) is 19.7. The summed E-state index contributed by atoms with van der Waals surface area (Å²) in [5.41, 5.74) is 0.738. The fraction of sp³-hybridized carbons (Fsp3) is 0.364. The number of anilines is 1. The van der Waals surface area contributed by atoms with E-state index in [1.165, 1.54) is 17.4 Å². The Balaban J connectivity index is 0.00000341. The number of rotatable bonds is 9. The molecule has 168 valence electrons. The van der Waals surface area contributed by atoms with Crippen molar-refractivity contribution in [3.8, 4) is 11.5 Å². The van der Waals surface area contributed by atoms with E-state index in [-0.39, 0.29) is 23.8 Å². The molecule has 0 saturated carbocycles. The monoisotopic (exact) mass is 467 g/mol. The summed E-state index contributed by atoms with van der Waals surface area (Å²) in [4.78, 5) is 21.4. The van der Waals surface area contributed by atoms with E-state index in [1.807, 2.05) is 32.8 Å². The fourth-order valence-electron chi connectivity index (χ4n) is 2.94. The Morgan fingerprint density at radius 3 is 2.42 bits per heavy atom. The van der Waals surface area contributed by atoms with E-state index < -0.39 is 5.82 Å². The van der Waals surface area contributed by atoms with Crippen LogP contribution >= 0.6 is 23.7 Å². The SMILES string of the molecule is CCOc1ccc(C(=O)N(CCN(C)C)c2nc3c(F)cccc3s2)cc1OCC.Cl. The van der Waals surface area contributed by atoms with Crippen molar-refractivity contribution < 1.29 is 18.7 Å². The van der Waals surface area contributed by atoms with Crippen molar-refractivity contribution in [2.24, 2.45) is 0 Å². The zero-order valence-electron chi connectivity index (χ0n) is 18.1. The van der Waals surface area contributed by atoms with Gasteiger partial charge in [0, 0.05) is 18.7 Å². The predicted octanol–water partition coefficient (Wildman–Crippen LogP) is 4.86. The number of benzene rings is 2. The maximum Gasteiger partial charge on any atom is 0.260 e. The van der Waals surface area contributed by atoms with Gasteiger partial charge in [-0.15, -0.1) is 12.4 Å². The normalized spacial score (nSPS) is 10.8. The first-order chi connectivity index (χ1) is 14.4. The van der Waals surface area contributed by atoms with E-state index in [0.29, 0.717) is 53.2 Å². The van der Waals surface area contributed by atoms with Gasteiger partial charge in [0.15, 0.2) is 16.6 Å². The van der Waals surface area contributed by atoms with E-state index in [1.54, 1.807) is 35.2 Å². The van der Waals surface area contributed by atoms with Crippen LogP contribution in [0.2, 0.25) is 0 Å². The van der Waals surface area contributed by atoms with Crippen molar-refractivity contribution in [3.05, 3.63) is 47.8 Å². The maximum absolute atomic E-state index is 14.2. The van der Waals surface area contributed by atoms with Crippen LogP contribution in [0.25, 0.3) is 10.2 Å². The third kappa shape index (κ3) is 5.84. The van der Waals surface area contributed by atoms with Crippen LogP contribution in [0.5, 0.6) is 11.5 Å². The molecule has 0 saturated heterocycles. The Morgan fingerprint density at radius 1 is 1.06 bits per heavy atom. The number of carbonyl (C=O) groups excluding carboxylic acids is 1. The Labute approximate surface area is 192 Å². The van der Waals surface area contributed by atoms with Gasteiger partial charge in [0.25, 0.3) is 5.91 Å². The molecule has 0 radical (unpaired) electrons. The van der Waals surface area contributed by atoms with Gasteiger partial charge in [-0.3, -0.25) is 9.69 Å². The van der Waals surface area contributed by atoms with Crippen molar-refractivity contribution in [1.29, 1.82) is 0 Å². The third-order valence-corrected chi connectivity index (χ3v) is 5.44. The second kappa shape index (κ2) is 11.3. The average Bonchev–Trinajstić information content (AvgIpc) is 3.15. The van der Waals surface area contributed by atoms with Crippen LogP contribution in [-0.2, 0) is 0 Å². The number of carbonyl (C=O) groups is 1. The Morgan fingerprint density at radius 2 is 1.77 bits per heavy atom. The molecule has 0 fully saturated rings. The van der Waals surface area contributed by atoms with E-state index in [4.69, 9.17) is 9.47 Å². The molecule has 0 spiro atoms. The number of aromatic nitrogens is 1. The summed E-state index contributed by atoms with van der Waals surface area (Å²) in [7, 11) is 3.87.